The van der Waals surface area contributed by atoms with Crippen molar-refractivity contribution in [2.24, 2.45) is 0 Å². The number of carbonyl (C=O) groups excluding carboxylic acids is 1. The van der Waals surface area contributed by atoms with Crippen LogP contribution in [0, 0.1) is 6.92 Å². The first-order valence-corrected chi connectivity index (χ1v) is 10.7. The van der Waals surface area contributed by atoms with Gasteiger partial charge in [0.15, 0.2) is 0 Å². The summed E-state index contributed by atoms with van der Waals surface area (Å²) >= 11 is 0. The minimum Gasteiger partial charge on any atom is -0.496 e. The third-order valence-corrected chi connectivity index (χ3v) is 4.89. The number of nitrogens with one attached hydrogen (secondary N) is 1. The van der Waals surface area contributed by atoms with Crippen molar-refractivity contribution in [3.05, 3.63) is 71.8 Å². The molecule has 1 aromatic heterocycles. The molecule has 6 heteroatoms. The van der Waals surface area contributed by atoms with Crippen LogP contribution in [0.2, 0.25) is 0 Å². The predicted octanol–water partition coefficient (Wildman–Crippen LogP) is 5.70. The van der Waals surface area contributed by atoms with Crippen molar-refractivity contribution < 1.29 is 23.7 Å². The fourth-order valence-corrected chi connectivity index (χ4v) is 3.35. The molecule has 172 valence electrons. The van der Waals surface area contributed by atoms with Crippen LogP contribution in [-0.4, -0.2) is 45.0 Å². The molecule has 0 aliphatic carbocycles. The van der Waals surface area contributed by atoms with E-state index >= 15 is 0 Å². The van der Waals surface area contributed by atoms with E-state index in [2.05, 4.69) is 11.6 Å². The number of allylic oxidation sites excluding steroid dienone is 4. The van der Waals surface area contributed by atoms with Crippen molar-refractivity contribution in [2.45, 2.75) is 27.2 Å². The number of H-pyrrole nitrogens is 1. The Balaban J connectivity index is 2.50. The highest BCUT2D eigenvalue weighted by molar-refractivity contribution is 6.00. The van der Waals surface area contributed by atoms with Crippen molar-refractivity contribution in [1.29, 1.82) is 0 Å². The van der Waals surface area contributed by atoms with Crippen molar-refractivity contribution in [2.75, 3.05) is 34.0 Å². The summed E-state index contributed by atoms with van der Waals surface area (Å²) in [6.07, 6.45) is 8.31. The zero-order chi connectivity index (χ0) is 23.5. The molecule has 1 heterocycles. The van der Waals surface area contributed by atoms with Gasteiger partial charge in [-0.15, -0.1) is 0 Å². The Kier molecular flexibility index (Phi) is 9.82. The van der Waals surface area contributed by atoms with Gasteiger partial charge in [-0.3, -0.25) is 0 Å². The molecule has 0 bridgehead atoms. The molecule has 6 nitrogen and oxygen atoms in total. The largest absolute Gasteiger partial charge is 0.496 e. The van der Waals surface area contributed by atoms with Crippen LogP contribution in [-0.2, 0) is 14.2 Å². The van der Waals surface area contributed by atoms with Gasteiger partial charge < -0.3 is 23.9 Å². The standard InChI is InChI=1S/C26H33NO5/c1-7-10-20(32-16-15-29-5)14-13-18(3)24-22(17-27-25(24)26(28)31-8-2)21-11-9-12-23(30-6)19(21)4/h9-14,17,27H,3,7-8,15-16H2,1-2,4-6H3/b14-13-,20-10+. The van der Waals surface area contributed by atoms with E-state index in [1.807, 2.05) is 50.3 Å². The number of rotatable bonds is 12. The summed E-state index contributed by atoms with van der Waals surface area (Å²) in [5.74, 6) is 1.07. The van der Waals surface area contributed by atoms with Crippen LogP contribution in [0.15, 0.2) is 55.0 Å². The summed E-state index contributed by atoms with van der Waals surface area (Å²) in [6, 6.07) is 5.82. The molecule has 0 saturated heterocycles. The van der Waals surface area contributed by atoms with Crippen molar-refractivity contribution in [3.63, 3.8) is 0 Å². The second-order valence-electron chi connectivity index (χ2n) is 7.02. The maximum atomic E-state index is 12.6. The van der Waals surface area contributed by atoms with Crippen LogP contribution in [0.1, 0.15) is 41.9 Å². The number of hydrogen-bond acceptors (Lipinski definition) is 5. The molecule has 0 spiro atoms. The van der Waals surface area contributed by atoms with Gasteiger partial charge in [-0.2, -0.15) is 0 Å². The second kappa shape index (κ2) is 12.6. The van der Waals surface area contributed by atoms with E-state index in [1.54, 1.807) is 27.3 Å². The smallest absolute Gasteiger partial charge is 0.355 e. The molecule has 0 fully saturated rings. The average molecular weight is 440 g/mol. The average Bonchev–Trinajstić information content (AvgIpc) is 3.23. The highest BCUT2D eigenvalue weighted by Crippen LogP contribution is 2.37. The monoisotopic (exact) mass is 439 g/mol. The van der Waals surface area contributed by atoms with Crippen LogP contribution in [0.3, 0.4) is 0 Å². The molecule has 32 heavy (non-hydrogen) atoms. The topological polar surface area (TPSA) is 69.8 Å². The fourth-order valence-electron chi connectivity index (χ4n) is 3.35. The number of aromatic nitrogens is 1. The molecule has 0 radical (unpaired) electrons. The van der Waals surface area contributed by atoms with Crippen LogP contribution in [0.5, 0.6) is 5.75 Å². The SMILES string of the molecule is C=C(/C=C\C(=C/CC)OCCOC)c1c(-c2cccc(OC)c2C)c[nH]c1C(=O)OCC. The fraction of sp³-hybridized carbons (Fsp3) is 0.346. The Labute approximate surface area is 190 Å². The van der Waals surface area contributed by atoms with E-state index in [0.29, 0.717) is 30.0 Å². The number of carbonyl (C=O) groups is 1. The minimum atomic E-state index is -0.426. The summed E-state index contributed by atoms with van der Waals surface area (Å²) < 4.78 is 21.6. The van der Waals surface area contributed by atoms with E-state index in [-0.39, 0.29) is 6.61 Å². The summed E-state index contributed by atoms with van der Waals surface area (Å²) in [7, 11) is 3.27. The highest BCUT2D eigenvalue weighted by Gasteiger charge is 2.22. The Morgan fingerprint density at radius 1 is 1.09 bits per heavy atom. The van der Waals surface area contributed by atoms with Gasteiger partial charge in [0, 0.05) is 24.4 Å². The normalized spacial score (nSPS) is 11.6. The Bertz CT molecular complexity index is 984. The number of hydrogen-bond donors (Lipinski definition) is 1. The number of esters is 1. The molecule has 1 aromatic carbocycles. The predicted molar refractivity (Wildman–Crippen MR) is 128 cm³/mol. The van der Waals surface area contributed by atoms with E-state index in [4.69, 9.17) is 18.9 Å². The van der Waals surface area contributed by atoms with Gasteiger partial charge in [-0.25, -0.2) is 4.79 Å². The van der Waals surface area contributed by atoms with Gasteiger partial charge in [0.1, 0.15) is 23.8 Å². The Morgan fingerprint density at radius 2 is 1.88 bits per heavy atom. The van der Waals surface area contributed by atoms with E-state index in [9.17, 15) is 4.79 Å². The van der Waals surface area contributed by atoms with E-state index in [0.717, 1.165) is 34.6 Å². The lowest BCUT2D eigenvalue weighted by Gasteiger charge is -2.13. The Hall–Kier alpha value is -3.25. The molecule has 0 atom stereocenters. The first kappa shape index (κ1) is 25.0. The second-order valence-corrected chi connectivity index (χ2v) is 7.02. The highest BCUT2D eigenvalue weighted by atomic mass is 16.5. The van der Waals surface area contributed by atoms with E-state index < -0.39 is 5.97 Å². The molecular weight excluding hydrogens is 406 g/mol. The molecule has 0 saturated carbocycles. The van der Waals surface area contributed by atoms with E-state index in [1.165, 1.54) is 0 Å². The molecule has 0 aliphatic heterocycles. The maximum absolute atomic E-state index is 12.6. The van der Waals surface area contributed by atoms with Crippen molar-refractivity contribution in [3.8, 4) is 16.9 Å². The maximum Gasteiger partial charge on any atom is 0.355 e. The number of methoxy groups -OCH3 is 2. The van der Waals surface area contributed by atoms with Gasteiger partial charge in [-0.1, -0.05) is 31.7 Å². The minimum absolute atomic E-state index is 0.282. The molecule has 2 aromatic rings. The van der Waals surface area contributed by atoms with Gasteiger partial charge in [-0.05, 0) is 55.2 Å². The third-order valence-electron chi connectivity index (χ3n) is 4.89. The number of aromatic amines is 1. The van der Waals surface area contributed by atoms with Crippen molar-refractivity contribution in [1.82, 2.24) is 4.98 Å². The van der Waals surface area contributed by atoms with Crippen LogP contribution in [0.25, 0.3) is 16.7 Å². The lowest BCUT2D eigenvalue weighted by Crippen LogP contribution is -2.07. The molecule has 0 unspecified atom stereocenters. The zero-order valence-electron chi connectivity index (χ0n) is 19.6. The lowest BCUT2D eigenvalue weighted by molar-refractivity contribution is 0.0520. The van der Waals surface area contributed by atoms with Gasteiger partial charge in [0.2, 0.25) is 0 Å². The lowest BCUT2D eigenvalue weighted by atomic mass is 9.94. The van der Waals surface area contributed by atoms with Gasteiger partial charge in [0.25, 0.3) is 0 Å². The third kappa shape index (κ3) is 6.14. The first-order valence-electron chi connectivity index (χ1n) is 10.7. The van der Waals surface area contributed by atoms with Crippen LogP contribution in [0.4, 0.5) is 0 Å². The van der Waals surface area contributed by atoms with Gasteiger partial charge in [0.05, 0.1) is 20.3 Å². The molecule has 0 amide bonds. The van der Waals surface area contributed by atoms with Gasteiger partial charge >= 0.3 is 5.97 Å². The van der Waals surface area contributed by atoms with Crippen molar-refractivity contribution >= 4 is 11.5 Å². The number of benzene rings is 1. The molecule has 0 aliphatic rings. The summed E-state index contributed by atoms with van der Waals surface area (Å²) in [5, 5.41) is 0. The van der Waals surface area contributed by atoms with Crippen LogP contribution >= 0.6 is 0 Å². The molecular formula is C26H33NO5. The molecule has 2 rings (SSSR count). The zero-order valence-corrected chi connectivity index (χ0v) is 19.6. The molecule has 1 N–H and O–H groups in total. The summed E-state index contributed by atoms with van der Waals surface area (Å²) in [5.41, 5.74) is 4.46. The summed E-state index contributed by atoms with van der Waals surface area (Å²) in [6.45, 7) is 11.3. The Morgan fingerprint density at radius 3 is 2.53 bits per heavy atom. The summed E-state index contributed by atoms with van der Waals surface area (Å²) in [4.78, 5) is 15.7. The number of ether oxygens (including phenoxy) is 4. The van der Waals surface area contributed by atoms with Crippen LogP contribution < -0.4 is 4.74 Å². The first-order chi connectivity index (χ1) is 15.5. The quantitative estimate of drug-likeness (QED) is 0.199.